The van der Waals surface area contributed by atoms with Gasteiger partial charge in [0.25, 0.3) is 0 Å². The Bertz CT molecular complexity index is 631. The van der Waals surface area contributed by atoms with Gasteiger partial charge in [0.1, 0.15) is 21.3 Å². The van der Waals surface area contributed by atoms with Crippen LogP contribution in [0.2, 0.25) is 10.0 Å². The molecule has 0 aromatic heterocycles. The molecule has 2 atom stereocenters. The summed E-state index contributed by atoms with van der Waals surface area (Å²) < 4.78 is 17.2. The zero-order valence-corrected chi connectivity index (χ0v) is 19.3. The van der Waals surface area contributed by atoms with Gasteiger partial charge in [-0.3, -0.25) is 0 Å². The minimum atomic E-state index is -0.108. The van der Waals surface area contributed by atoms with Crippen LogP contribution in [0, 0.1) is 0 Å². The first-order valence-electron chi connectivity index (χ1n) is 8.11. The molecule has 1 aromatic rings. The van der Waals surface area contributed by atoms with Crippen molar-refractivity contribution in [2.75, 3.05) is 13.2 Å². The van der Waals surface area contributed by atoms with E-state index in [-0.39, 0.29) is 27.8 Å². The summed E-state index contributed by atoms with van der Waals surface area (Å²) >= 11 is 34.7. The molecular formula is C18H20Cl6O3. The van der Waals surface area contributed by atoms with Crippen molar-refractivity contribution in [2.24, 2.45) is 0 Å². The lowest BCUT2D eigenvalue weighted by molar-refractivity contribution is 0.0699. The molecule has 0 aliphatic rings. The van der Waals surface area contributed by atoms with Crippen molar-refractivity contribution >= 4 is 69.6 Å². The Morgan fingerprint density at radius 1 is 0.889 bits per heavy atom. The van der Waals surface area contributed by atoms with Gasteiger partial charge in [0, 0.05) is 12.1 Å². The maximum atomic E-state index is 6.27. The summed E-state index contributed by atoms with van der Waals surface area (Å²) in [5, 5.41) is 0.716. The Morgan fingerprint density at radius 2 is 1.41 bits per heavy atom. The van der Waals surface area contributed by atoms with E-state index in [2.05, 4.69) is 0 Å². The molecule has 1 aromatic carbocycles. The van der Waals surface area contributed by atoms with Crippen LogP contribution in [0.25, 0.3) is 0 Å². The normalized spacial score (nSPS) is 12.9. The van der Waals surface area contributed by atoms with Crippen LogP contribution in [0.15, 0.2) is 33.3 Å². The number of hydrogen-bond acceptors (Lipinski definition) is 3. The number of hydrogen-bond donors (Lipinski definition) is 0. The van der Waals surface area contributed by atoms with Gasteiger partial charge in [-0.05, 0) is 38.8 Å². The molecule has 0 saturated heterocycles. The molecule has 0 aliphatic heterocycles. The van der Waals surface area contributed by atoms with Crippen LogP contribution >= 0.6 is 69.6 Å². The van der Waals surface area contributed by atoms with Crippen LogP contribution in [0.3, 0.4) is 0 Å². The maximum Gasteiger partial charge on any atom is 0.157 e. The standard InChI is InChI=1S/C18H20Cl6O3/c1-11(25-7-5-16(21)22)3-4-12(2)27-18-14(19)9-13(10-15(18)20)26-8-6-17(23)24/h5-6,9-12H,3-4,7-8H2,1-2H3. The summed E-state index contributed by atoms with van der Waals surface area (Å²) in [5.41, 5.74) is 0. The van der Waals surface area contributed by atoms with E-state index in [1.807, 2.05) is 13.8 Å². The maximum absolute atomic E-state index is 6.27. The average Bonchev–Trinajstić information content (AvgIpc) is 2.55. The van der Waals surface area contributed by atoms with Crippen LogP contribution in [-0.2, 0) is 4.74 Å². The lowest BCUT2D eigenvalue weighted by Crippen LogP contribution is -2.17. The first kappa shape index (κ1) is 25.0. The van der Waals surface area contributed by atoms with Crippen molar-refractivity contribution in [1.82, 2.24) is 0 Å². The summed E-state index contributed by atoms with van der Waals surface area (Å²) in [6.45, 7) is 4.47. The first-order valence-corrected chi connectivity index (χ1v) is 10.4. The van der Waals surface area contributed by atoms with Crippen molar-refractivity contribution in [3.05, 3.63) is 43.3 Å². The summed E-state index contributed by atoms with van der Waals surface area (Å²) in [6.07, 6.45) is 4.57. The molecular weight excluding hydrogens is 477 g/mol. The molecule has 9 heteroatoms. The second-order valence-corrected chi connectivity index (χ2v) is 8.49. The van der Waals surface area contributed by atoms with Crippen molar-refractivity contribution in [3.63, 3.8) is 0 Å². The van der Waals surface area contributed by atoms with E-state index in [0.29, 0.717) is 28.2 Å². The predicted molar refractivity (Wildman–Crippen MR) is 116 cm³/mol. The second kappa shape index (κ2) is 13.3. The predicted octanol–water partition coefficient (Wildman–Crippen LogP) is 7.96. The molecule has 0 fully saturated rings. The molecule has 0 spiro atoms. The van der Waals surface area contributed by atoms with Gasteiger partial charge in [0.15, 0.2) is 5.75 Å². The highest BCUT2D eigenvalue weighted by Crippen LogP contribution is 2.38. The second-order valence-electron chi connectivity index (χ2n) is 5.66. The van der Waals surface area contributed by atoms with Gasteiger partial charge in [0.2, 0.25) is 0 Å². The molecule has 0 bridgehead atoms. The quantitative estimate of drug-likeness (QED) is 0.311. The van der Waals surface area contributed by atoms with Gasteiger partial charge < -0.3 is 14.2 Å². The molecule has 1 rings (SSSR count). The average molecular weight is 497 g/mol. The van der Waals surface area contributed by atoms with Crippen LogP contribution in [0.5, 0.6) is 11.5 Å². The highest BCUT2D eigenvalue weighted by Gasteiger charge is 2.15. The zero-order chi connectivity index (χ0) is 20.4. The Kier molecular flexibility index (Phi) is 12.3. The van der Waals surface area contributed by atoms with E-state index in [1.165, 1.54) is 6.08 Å². The molecule has 0 radical (unpaired) electrons. The summed E-state index contributed by atoms with van der Waals surface area (Å²) in [4.78, 5) is 0. The van der Waals surface area contributed by atoms with E-state index in [9.17, 15) is 0 Å². The fourth-order valence-corrected chi connectivity index (χ4v) is 2.83. The molecule has 0 saturated carbocycles. The SMILES string of the molecule is CC(CCC(C)Oc1c(Cl)cc(OCC=C(Cl)Cl)cc1Cl)OCC=C(Cl)Cl. The zero-order valence-electron chi connectivity index (χ0n) is 14.8. The van der Waals surface area contributed by atoms with Crippen molar-refractivity contribution in [1.29, 1.82) is 0 Å². The highest BCUT2D eigenvalue weighted by atomic mass is 35.5. The third kappa shape index (κ3) is 10.9. The Morgan fingerprint density at radius 3 is 1.96 bits per heavy atom. The smallest absolute Gasteiger partial charge is 0.157 e. The van der Waals surface area contributed by atoms with Crippen LogP contribution in [-0.4, -0.2) is 25.4 Å². The van der Waals surface area contributed by atoms with Crippen LogP contribution in [0.1, 0.15) is 26.7 Å². The molecule has 0 amide bonds. The fraction of sp³-hybridized carbons (Fsp3) is 0.444. The first-order chi connectivity index (χ1) is 12.7. The number of rotatable bonds is 11. The summed E-state index contributed by atoms with van der Waals surface area (Å²) in [5.74, 6) is 0.901. The number of benzene rings is 1. The van der Waals surface area contributed by atoms with E-state index in [4.69, 9.17) is 83.8 Å². The Labute approximate surface area is 190 Å². The molecule has 3 nitrogen and oxygen atoms in total. The highest BCUT2D eigenvalue weighted by molar-refractivity contribution is 6.56. The van der Waals surface area contributed by atoms with Crippen molar-refractivity contribution < 1.29 is 14.2 Å². The van der Waals surface area contributed by atoms with Gasteiger partial charge in [-0.2, -0.15) is 0 Å². The van der Waals surface area contributed by atoms with Gasteiger partial charge in [-0.25, -0.2) is 0 Å². The minimum Gasteiger partial charge on any atom is -0.489 e. The van der Waals surface area contributed by atoms with Crippen LogP contribution < -0.4 is 9.47 Å². The molecule has 0 N–H and O–H groups in total. The van der Waals surface area contributed by atoms with Gasteiger partial charge in [-0.1, -0.05) is 69.6 Å². The third-order valence-corrected chi connectivity index (χ3v) is 4.56. The van der Waals surface area contributed by atoms with Crippen LogP contribution in [0.4, 0.5) is 0 Å². The number of halogens is 6. The van der Waals surface area contributed by atoms with Gasteiger partial charge in [0.05, 0.1) is 28.9 Å². The van der Waals surface area contributed by atoms with Crippen molar-refractivity contribution in [2.45, 2.75) is 38.9 Å². The molecule has 0 heterocycles. The Hall–Kier alpha value is -0.000000000000000111. The lowest BCUT2D eigenvalue weighted by atomic mass is 10.1. The summed E-state index contributed by atoms with van der Waals surface area (Å²) in [6, 6.07) is 3.25. The number of ether oxygens (including phenoxy) is 3. The summed E-state index contributed by atoms with van der Waals surface area (Å²) in [7, 11) is 0. The van der Waals surface area contributed by atoms with Gasteiger partial charge >= 0.3 is 0 Å². The lowest BCUT2D eigenvalue weighted by Gasteiger charge is -2.19. The van der Waals surface area contributed by atoms with Crippen molar-refractivity contribution in [3.8, 4) is 11.5 Å². The Balaban J connectivity index is 2.54. The van der Waals surface area contributed by atoms with E-state index in [0.717, 1.165) is 12.8 Å². The largest absolute Gasteiger partial charge is 0.489 e. The molecule has 0 aliphatic carbocycles. The monoisotopic (exact) mass is 494 g/mol. The third-order valence-electron chi connectivity index (χ3n) is 3.38. The van der Waals surface area contributed by atoms with E-state index in [1.54, 1.807) is 18.2 Å². The van der Waals surface area contributed by atoms with Gasteiger partial charge in [-0.15, -0.1) is 0 Å². The molecule has 27 heavy (non-hydrogen) atoms. The molecule has 152 valence electrons. The molecule has 2 unspecified atom stereocenters. The topological polar surface area (TPSA) is 27.7 Å². The van der Waals surface area contributed by atoms with E-state index < -0.39 is 0 Å². The van der Waals surface area contributed by atoms with E-state index >= 15 is 0 Å². The fourth-order valence-electron chi connectivity index (χ4n) is 2.02. The minimum absolute atomic E-state index is 0.0310.